The first-order valence-electron chi connectivity index (χ1n) is 9.37. The third kappa shape index (κ3) is 3.86. The summed E-state index contributed by atoms with van der Waals surface area (Å²) in [6.07, 6.45) is 1.55. The van der Waals surface area contributed by atoms with Crippen molar-refractivity contribution in [2.75, 3.05) is 6.54 Å². The lowest BCUT2D eigenvalue weighted by atomic mass is 10.0. The van der Waals surface area contributed by atoms with E-state index < -0.39 is 0 Å². The summed E-state index contributed by atoms with van der Waals surface area (Å²) in [5.74, 6) is 1.10. The quantitative estimate of drug-likeness (QED) is 0.683. The lowest BCUT2D eigenvalue weighted by Crippen LogP contribution is -2.36. The molecule has 0 radical (unpaired) electrons. The van der Waals surface area contributed by atoms with E-state index in [0.29, 0.717) is 36.5 Å². The average molecular weight is 375 g/mol. The molecular formula is C22H21N3O3. The van der Waals surface area contributed by atoms with E-state index in [4.69, 9.17) is 4.52 Å². The van der Waals surface area contributed by atoms with Gasteiger partial charge in [-0.05, 0) is 36.6 Å². The van der Waals surface area contributed by atoms with Crippen LogP contribution in [0.15, 0.2) is 59.1 Å². The summed E-state index contributed by atoms with van der Waals surface area (Å²) >= 11 is 0. The van der Waals surface area contributed by atoms with Crippen LogP contribution in [0.1, 0.15) is 34.9 Å². The monoisotopic (exact) mass is 375 g/mol. The highest BCUT2D eigenvalue weighted by Gasteiger charge is 2.34. The molecule has 0 unspecified atom stereocenters. The molecule has 2 heterocycles. The molecule has 6 nitrogen and oxygen atoms in total. The van der Waals surface area contributed by atoms with Crippen LogP contribution >= 0.6 is 0 Å². The second-order valence-electron chi connectivity index (χ2n) is 7.05. The third-order valence-electron chi connectivity index (χ3n) is 5.01. The number of aryl methyl sites for hydroxylation is 2. The molecule has 3 aromatic rings. The summed E-state index contributed by atoms with van der Waals surface area (Å²) in [6.45, 7) is 1.92. The number of carbonyl (C=O) groups excluding carboxylic acids is 2. The van der Waals surface area contributed by atoms with Gasteiger partial charge in [-0.15, -0.1) is 0 Å². The molecule has 0 saturated carbocycles. The second-order valence-corrected chi connectivity index (χ2v) is 7.05. The Morgan fingerprint density at radius 3 is 2.50 bits per heavy atom. The van der Waals surface area contributed by atoms with E-state index in [9.17, 15) is 9.59 Å². The van der Waals surface area contributed by atoms with Gasteiger partial charge in [0.05, 0.1) is 6.54 Å². The summed E-state index contributed by atoms with van der Waals surface area (Å²) in [5.41, 5.74) is 2.75. The largest absolute Gasteiger partial charge is 0.339 e. The lowest BCUT2D eigenvalue weighted by Gasteiger charge is -2.23. The number of amides is 1. The molecule has 1 aromatic heterocycles. The average Bonchev–Trinajstić information content (AvgIpc) is 3.31. The summed E-state index contributed by atoms with van der Waals surface area (Å²) in [4.78, 5) is 30.9. The summed E-state index contributed by atoms with van der Waals surface area (Å²) in [5, 5.41) is 3.78. The third-order valence-corrected chi connectivity index (χ3v) is 5.01. The van der Waals surface area contributed by atoms with Crippen LogP contribution in [-0.4, -0.2) is 39.3 Å². The number of hydrogen-bond acceptors (Lipinski definition) is 5. The van der Waals surface area contributed by atoms with Gasteiger partial charge in [0, 0.05) is 24.4 Å². The van der Waals surface area contributed by atoms with E-state index in [-0.39, 0.29) is 24.3 Å². The van der Waals surface area contributed by atoms with E-state index in [0.717, 1.165) is 11.1 Å². The molecule has 6 heteroatoms. The van der Waals surface area contributed by atoms with Crippen molar-refractivity contribution >= 4 is 11.7 Å². The Labute approximate surface area is 163 Å². The van der Waals surface area contributed by atoms with Crippen LogP contribution in [0.2, 0.25) is 0 Å². The lowest BCUT2D eigenvalue weighted by molar-refractivity contribution is -0.116. The van der Waals surface area contributed by atoms with E-state index in [2.05, 4.69) is 10.1 Å². The zero-order chi connectivity index (χ0) is 19.5. The first-order chi connectivity index (χ1) is 13.6. The molecular weight excluding hydrogens is 354 g/mol. The fraction of sp³-hybridized carbons (Fsp3) is 0.273. The van der Waals surface area contributed by atoms with Crippen molar-refractivity contribution in [3.05, 3.63) is 71.9 Å². The molecule has 0 bridgehead atoms. The van der Waals surface area contributed by atoms with Gasteiger partial charge < -0.3 is 9.42 Å². The van der Waals surface area contributed by atoms with Crippen LogP contribution in [0.25, 0.3) is 11.1 Å². The van der Waals surface area contributed by atoms with Crippen LogP contribution in [0.3, 0.4) is 0 Å². The van der Waals surface area contributed by atoms with Gasteiger partial charge in [0.15, 0.2) is 11.6 Å². The first-order valence-corrected chi connectivity index (χ1v) is 9.37. The van der Waals surface area contributed by atoms with Gasteiger partial charge in [0.2, 0.25) is 5.89 Å². The van der Waals surface area contributed by atoms with Gasteiger partial charge in [0.25, 0.3) is 5.91 Å². The highest BCUT2D eigenvalue weighted by Crippen LogP contribution is 2.24. The molecule has 0 N–H and O–H groups in total. The Morgan fingerprint density at radius 2 is 1.82 bits per heavy atom. The summed E-state index contributed by atoms with van der Waals surface area (Å²) in [7, 11) is 0. The van der Waals surface area contributed by atoms with Crippen LogP contribution in [0.4, 0.5) is 0 Å². The van der Waals surface area contributed by atoms with Gasteiger partial charge in [-0.1, -0.05) is 47.6 Å². The highest BCUT2D eigenvalue weighted by atomic mass is 16.5. The van der Waals surface area contributed by atoms with Crippen molar-refractivity contribution in [2.24, 2.45) is 0 Å². The molecule has 1 atom stereocenters. The van der Waals surface area contributed by atoms with E-state index >= 15 is 0 Å². The van der Waals surface area contributed by atoms with Gasteiger partial charge in [-0.3, -0.25) is 9.59 Å². The Morgan fingerprint density at radius 1 is 1.11 bits per heavy atom. The minimum absolute atomic E-state index is 0.0842. The predicted octanol–water partition coefficient (Wildman–Crippen LogP) is 3.46. The van der Waals surface area contributed by atoms with Crippen molar-refractivity contribution in [1.82, 2.24) is 15.0 Å². The van der Waals surface area contributed by atoms with Crippen molar-refractivity contribution in [1.29, 1.82) is 0 Å². The zero-order valence-corrected chi connectivity index (χ0v) is 15.7. The highest BCUT2D eigenvalue weighted by molar-refractivity contribution is 5.99. The number of rotatable bonds is 5. The summed E-state index contributed by atoms with van der Waals surface area (Å²) < 4.78 is 5.14. The number of hydrogen-bond donors (Lipinski definition) is 0. The minimum atomic E-state index is -0.138. The Hall–Kier alpha value is -3.28. The first kappa shape index (κ1) is 18.1. The normalized spacial score (nSPS) is 16.5. The number of likely N-dealkylation sites (tertiary alicyclic amines) is 1. The molecule has 4 rings (SSSR count). The number of Topliss-reactive ketones (excluding diaryl/α,β-unsaturated/α-hetero) is 1. The molecule has 28 heavy (non-hydrogen) atoms. The van der Waals surface area contributed by atoms with Gasteiger partial charge >= 0.3 is 0 Å². The van der Waals surface area contributed by atoms with Crippen molar-refractivity contribution in [2.45, 2.75) is 32.2 Å². The maximum atomic E-state index is 13.0. The number of ketones is 1. The van der Waals surface area contributed by atoms with Crippen LogP contribution in [-0.2, 0) is 11.2 Å². The van der Waals surface area contributed by atoms with Crippen molar-refractivity contribution < 1.29 is 14.1 Å². The fourth-order valence-corrected chi connectivity index (χ4v) is 3.59. The number of aromatic nitrogens is 2. The molecule has 1 aliphatic rings. The van der Waals surface area contributed by atoms with E-state index in [1.165, 1.54) is 0 Å². The van der Waals surface area contributed by atoms with Gasteiger partial charge in [0.1, 0.15) is 0 Å². The van der Waals surface area contributed by atoms with Crippen LogP contribution in [0, 0.1) is 6.92 Å². The molecule has 1 saturated heterocycles. The van der Waals surface area contributed by atoms with Gasteiger partial charge in [-0.25, -0.2) is 0 Å². The zero-order valence-electron chi connectivity index (χ0n) is 15.7. The Bertz CT molecular complexity index is 980. The Balaban J connectivity index is 1.46. The standard InChI is InChI=1S/C22H21N3O3/c1-15-23-21(28-24-15)12-11-19-13-20(26)14-25(19)22(27)18-9-7-17(8-10-18)16-5-3-2-4-6-16/h2-10,19H,11-14H2,1H3/t19-/m1/s1. The molecule has 0 spiro atoms. The molecule has 142 valence electrons. The fourth-order valence-electron chi connectivity index (χ4n) is 3.59. The molecule has 2 aromatic carbocycles. The number of nitrogens with zero attached hydrogens (tertiary/aromatic N) is 3. The summed E-state index contributed by atoms with van der Waals surface area (Å²) in [6, 6.07) is 17.4. The molecule has 1 fully saturated rings. The van der Waals surface area contributed by atoms with Crippen LogP contribution < -0.4 is 0 Å². The maximum Gasteiger partial charge on any atom is 0.254 e. The number of carbonyl (C=O) groups is 2. The Kier molecular flexibility index (Phi) is 5.02. The molecule has 1 aliphatic heterocycles. The molecule has 1 amide bonds. The van der Waals surface area contributed by atoms with E-state index in [1.54, 1.807) is 11.8 Å². The second kappa shape index (κ2) is 7.76. The minimum Gasteiger partial charge on any atom is -0.339 e. The number of benzene rings is 2. The van der Waals surface area contributed by atoms with Crippen molar-refractivity contribution in [3.63, 3.8) is 0 Å². The van der Waals surface area contributed by atoms with Gasteiger partial charge in [-0.2, -0.15) is 4.98 Å². The molecule has 0 aliphatic carbocycles. The van der Waals surface area contributed by atoms with Crippen LogP contribution in [0.5, 0.6) is 0 Å². The predicted molar refractivity (Wildman–Crippen MR) is 104 cm³/mol. The SMILES string of the molecule is Cc1noc(CC[C@@H]2CC(=O)CN2C(=O)c2ccc(-c3ccccc3)cc2)n1. The van der Waals surface area contributed by atoms with Crippen molar-refractivity contribution in [3.8, 4) is 11.1 Å². The maximum absolute atomic E-state index is 13.0. The topological polar surface area (TPSA) is 76.3 Å². The van der Waals surface area contributed by atoms with E-state index in [1.807, 2.05) is 54.6 Å². The smallest absolute Gasteiger partial charge is 0.254 e.